The van der Waals surface area contributed by atoms with Gasteiger partial charge in [0.1, 0.15) is 0 Å². The first kappa shape index (κ1) is 16.8. The van der Waals surface area contributed by atoms with Crippen molar-refractivity contribution in [2.45, 2.75) is 37.6 Å². The Bertz CT molecular complexity index is 563. The van der Waals surface area contributed by atoms with Gasteiger partial charge in [-0.2, -0.15) is 4.31 Å². The van der Waals surface area contributed by atoms with E-state index in [1.807, 2.05) is 13.8 Å². The second-order valence-corrected chi connectivity index (χ2v) is 7.66. The molecule has 1 aromatic carbocycles. The Labute approximate surface area is 128 Å². The van der Waals surface area contributed by atoms with Gasteiger partial charge in [0.15, 0.2) is 0 Å². The molecule has 1 unspecified atom stereocenters. The molecule has 1 aromatic rings. The number of nitrogens with two attached hydrogens (primary N) is 1. The van der Waals surface area contributed by atoms with Crippen LogP contribution in [0.15, 0.2) is 21.5 Å². The molecule has 7 heteroatoms. The van der Waals surface area contributed by atoms with Crippen LogP contribution < -0.4 is 5.73 Å². The van der Waals surface area contributed by atoms with Crippen LogP contribution in [-0.4, -0.2) is 25.8 Å². The molecule has 1 atom stereocenters. The van der Waals surface area contributed by atoms with Crippen molar-refractivity contribution in [3.63, 3.8) is 0 Å². The van der Waals surface area contributed by atoms with E-state index in [-0.39, 0.29) is 10.9 Å². The maximum atomic E-state index is 12.6. The quantitative estimate of drug-likeness (QED) is 0.808. The van der Waals surface area contributed by atoms with Crippen LogP contribution in [0.5, 0.6) is 0 Å². The van der Waals surface area contributed by atoms with Crippen LogP contribution in [0, 0.1) is 0 Å². The predicted molar refractivity (Wildman–Crippen MR) is 82.9 cm³/mol. The van der Waals surface area contributed by atoms with Crippen molar-refractivity contribution in [2.24, 2.45) is 0 Å². The topological polar surface area (TPSA) is 63.4 Å². The number of hydrogen-bond donors (Lipinski definition) is 1. The minimum absolute atomic E-state index is 0.0814. The summed E-state index contributed by atoms with van der Waals surface area (Å²) in [4.78, 5) is 0.1000. The fourth-order valence-electron chi connectivity index (χ4n) is 1.76. The highest BCUT2D eigenvalue weighted by Gasteiger charge is 2.28. The maximum absolute atomic E-state index is 12.6. The van der Waals surface area contributed by atoms with E-state index in [0.29, 0.717) is 15.2 Å². The molecule has 0 aromatic heterocycles. The highest BCUT2D eigenvalue weighted by atomic mass is 79.9. The second-order valence-electron chi connectivity index (χ2n) is 4.47. The van der Waals surface area contributed by atoms with Crippen LogP contribution in [0.1, 0.15) is 26.7 Å². The summed E-state index contributed by atoms with van der Waals surface area (Å²) >= 11 is 9.11. The second kappa shape index (κ2) is 6.43. The molecule has 0 saturated heterocycles. The molecule has 108 valence electrons. The smallest absolute Gasteiger partial charge is 0.244 e. The van der Waals surface area contributed by atoms with Crippen molar-refractivity contribution in [1.29, 1.82) is 0 Å². The van der Waals surface area contributed by atoms with Crippen molar-refractivity contribution in [3.05, 3.63) is 21.6 Å². The van der Waals surface area contributed by atoms with Gasteiger partial charge in [0, 0.05) is 23.8 Å². The van der Waals surface area contributed by atoms with Gasteiger partial charge in [-0.3, -0.25) is 0 Å². The lowest BCUT2D eigenvalue weighted by atomic mass is 10.2. The molecule has 0 saturated carbocycles. The molecule has 0 bridgehead atoms. The van der Waals surface area contributed by atoms with Gasteiger partial charge in [-0.15, -0.1) is 0 Å². The molecule has 19 heavy (non-hydrogen) atoms. The standard InChI is InChI=1S/C12H18BrClN2O2S/c1-4-5-8(2)16(3)19(17,18)11-7-9(14)6-10(15)12(11)13/h6-8H,4-5,15H2,1-3H3. The number of nitrogens with zero attached hydrogens (tertiary/aromatic N) is 1. The largest absolute Gasteiger partial charge is 0.398 e. The van der Waals surface area contributed by atoms with Crippen molar-refractivity contribution < 1.29 is 8.42 Å². The number of nitrogen functional groups attached to an aromatic ring is 1. The Kier molecular flexibility index (Phi) is 5.67. The fourth-order valence-corrected chi connectivity index (χ4v) is 4.41. The van der Waals surface area contributed by atoms with Crippen molar-refractivity contribution in [2.75, 3.05) is 12.8 Å². The first-order chi connectivity index (χ1) is 8.71. The summed E-state index contributed by atoms with van der Waals surface area (Å²) in [6.45, 7) is 3.90. The van der Waals surface area contributed by atoms with Crippen LogP contribution in [-0.2, 0) is 10.0 Å². The van der Waals surface area contributed by atoms with Crippen LogP contribution >= 0.6 is 27.5 Å². The van der Waals surface area contributed by atoms with Gasteiger partial charge in [-0.05, 0) is 41.4 Å². The number of benzene rings is 1. The van der Waals surface area contributed by atoms with E-state index in [2.05, 4.69) is 15.9 Å². The molecule has 0 aliphatic heterocycles. The molecule has 0 amide bonds. The van der Waals surface area contributed by atoms with Gasteiger partial charge in [0.25, 0.3) is 0 Å². The molecule has 0 aliphatic rings. The molecule has 0 heterocycles. The Morgan fingerprint density at radius 1 is 1.47 bits per heavy atom. The highest BCUT2D eigenvalue weighted by Crippen LogP contribution is 2.33. The normalized spacial score (nSPS) is 13.8. The predicted octanol–water partition coefficient (Wildman–Crippen LogP) is 3.49. The third-order valence-electron chi connectivity index (χ3n) is 3.02. The molecule has 0 spiro atoms. The number of sulfonamides is 1. The zero-order valence-electron chi connectivity index (χ0n) is 11.2. The Morgan fingerprint density at radius 2 is 2.05 bits per heavy atom. The summed E-state index contributed by atoms with van der Waals surface area (Å²) < 4.78 is 26.8. The average molecular weight is 370 g/mol. The van der Waals surface area contributed by atoms with Gasteiger partial charge in [-0.25, -0.2) is 8.42 Å². The summed E-state index contributed by atoms with van der Waals surface area (Å²) in [6.07, 6.45) is 1.71. The number of hydrogen-bond acceptors (Lipinski definition) is 3. The van der Waals surface area contributed by atoms with Crippen LogP contribution in [0.3, 0.4) is 0 Å². The zero-order chi connectivity index (χ0) is 14.8. The van der Waals surface area contributed by atoms with E-state index in [9.17, 15) is 8.42 Å². The Balaban J connectivity index is 3.28. The molecular formula is C12H18BrClN2O2S. The van der Waals surface area contributed by atoms with E-state index in [1.165, 1.54) is 16.4 Å². The zero-order valence-corrected chi connectivity index (χ0v) is 14.3. The molecule has 1 rings (SSSR count). The summed E-state index contributed by atoms with van der Waals surface area (Å²) in [5, 5.41) is 0.302. The van der Waals surface area contributed by atoms with E-state index in [4.69, 9.17) is 17.3 Å². The van der Waals surface area contributed by atoms with Crippen molar-refractivity contribution in [3.8, 4) is 0 Å². The first-order valence-electron chi connectivity index (χ1n) is 5.94. The molecule has 2 N–H and O–H groups in total. The molecule has 0 radical (unpaired) electrons. The summed E-state index contributed by atoms with van der Waals surface area (Å²) in [6, 6.07) is 2.84. The lowest BCUT2D eigenvalue weighted by Gasteiger charge is -2.24. The number of anilines is 1. The number of rotatable bonds is 5. The van der Waals surface area contributed by atoms with Gasteiger partial charge in [0.2, 0.25) is 10.0 Å². The lowest BCUT2D eigenvalue weighted by Crippen LogP contribution is -2.35. The van der Waals surface area contributed by atoms with Crippen molar-refractivity contribution in [1.82, 2.24) is 4.31 Å². The highest BCUT2D eigenvalue weighted by molar-refractivity contribution is 9.10. The third kappa shape index (κ3) is 3.62. The third-order valence-corrected chi connectivity index (χ3v) is 6.38. The number of halogens is 2. The van der Waals surface area contributed by atoms with Gasteiger partial charge in [-0.1, -0.05) is 24.9 Å². The van der Waals surface area contributed by atoms with E-state index in [0.717, 1.165) is 12.8 Å². The SMILES string of the molecule is CCCC(C)N(C)S(=O)(=O)c1cc(Cl)cc(N)c1Br. The van der Waals surface area contributed by atoms with Gasteiger partial charge < -0.3 is 5.73 Å². The Morgan fingerprint density at radius 3 is 2.58 bits per heavy atom. The van der Waals surface area contributed by atoms with Crippen LogP contribution in [0.4, 0.5) is 5.69 Å². The molecule has 4 nitrogen and oxygen atoms in total. The maximum Gasteiger partial charge on any atom is 0.244 e. The van der Waals surface area contributed by atoms with Crippen molar-refractivity contribution >= 4 is 43.2 Å². The lowest BCUT2D eigenvalue weighted by molar-refractivity contribution is 0.368. The van der Waals surface area contributed by atoms with E-state index in [1.54, 1.807) is 7.05 Å². The monoisotopic (exact) mass is 368 g/mol. The van der Waals surface area contributed by atoms with Crippen LogP contribution in [0.25, 0.3) is 0 Å². The summed E-state index contributed by atoms with van der Waals surface area (Å²) in [7, 11) is -2.05. The van der Waals surface area contributed by atoms with E-state index >= 15 is 0 Å². The molecule has 0 fully saturated rings. The molecule has 0 aliphatic carbocycles. The van der Waals surface area contributed by atoms with Crippen LogP contribution in [0.2, 0.25) is 5.02 Å². The van der Waals surface area contributed by atoms with Gasteiger partial charge >= 0.3 is 0 Å². The minimum Gasteiger partial charge on any atom is -0.398 e. The first-order valence-corrected chi connectivity index (χ1v) is 8.55. The fraction of sp³-hybridized carbons (Fsp3) is 0.500. The minimum atomic E-state index is -3.61. The summed E-state index contributed by atoms with van der Waals surface area (Å²) in [5.41, 5.74) is 6.05. The Hall–Kier alpha value is -0.300. The van der Waals surface area contributed by atoms with Gasteiger partial charge in [0.05, 0.1) is 9.37 Å². The summed E-state index contributed by atoms with van der Waals surface area (Å²) in [5.74, 6) is 0. The van der Waals surface area contributed by atoms with E-state index < -0.39 is 10.0 Å². The molecular weight excluding hydrogens is 352 g/mol. The average Bonchev–Trinajstić information content (AvgIpc) is 2.32.